The van der Waals surface area contributed by atoms with E-state index in [0.29, 0.717) is 26.4 Å². The molecule has 1 N–H and O–H groups in total. The Balaban J connectivity index is 1.74. The molecule has 3 heterocycles. The van der Waals surface area contributed by atoms with Crippen molar-refractivity contribution in [2.75, 3.05) is 5.32 Å². The van der Waals surface area contributed by atoms with Crippen molar-refractivity contribution in [3.05, 3.63) is 74.7 Å². The summed E-state index contributed by atoms with van der Waals surface area (Å²) in [6, 6.07) is 10.7. The van der Waals surface area contributed by atoms with Crippen molar-refractivity contribution in [3.63, 3.8) is 0 Å². The van der Waals surface area contributed by atoms with Gasteiger partial charge in [-0.05, 0) is 36.4 Å². The molecule has 0 saturated carbocycles. The van der Waals surface area contributed by atoms with Gasteiger partial charge in [-0.15, -0.1) is 11.3 Å². The number of hydrogen-bond acceptors (Lipinski definition) is 4. The van der Waals surface area contributed by atoms with Gasteiger partial charge in [0.2, 0.25) is 0 Å². The number of benzene rings is 1. The van der Waals surface area contributed by atoms with Gasteiger partial charge in [-0.25, -0.2) is 9.37 Å². The second-order valence-electron chi connectivity index (χ2n) is 5.26. The van der Waals surface area contributed by atoms with Crippen LogP contribution < -0.4 is 10.9 Å². The predicted molar refractivity (Wildman–Crippen MR) is 96.2 cm³/mol. The van der Waals surface area contributed by atoms with Crippen LogP contribution in [0.1, 0.15) is 9.67 Å². The molecule has 124 valence electrons. The number of halogens is 2. The number of nitrogens with one attached hydrogen (secondary N) is 1. The zero-order valence-electron chi connectivity index (χ0n) is 12.5. The van der Waals surface area contributed by atoms with Gasteiger partial charge in [-0.2, -0.15) is 0 Å². The summed E-state index contributed by atoms with van der Waals surface area (Å²) in [6.45, 7) is 0. The molecule has 4 rings (SSSR count). The Labute approximate surface area is 149 Å². The number of amides is 1. The van der Waals surface area contributed by atoms with Gasteiger partial charge in [0.1, 0.15) is 16.3 Å². The molecule has 8 heteroatoms. The van der Waals surface area contributed by atoms with E-state index in [1.807, 2.05) is 0 Å². The number of fused-ring (bicyclic) bond motifs is 2. The van der Waals surface area contributed by atoms with Gasteiger partial charge in [-0.1, -0.05) is 17.7 Å². The Hall–Kier alpha value is -2.77. The highest BCUT2D eigenvalue weighted by Gasteiger charge is 2.15. The number of anilines is 1. The van der Waals surface area contributed by atoms with Gasteiger partial charge in [-0.3, -0.25) is 14.0 Å². The minimum atomic E-state index is -0.564. The molecule has 0 unspecified atom stereocenters. The fourth-order valence-electron chi connectivity index (χ4n) is 2.43. The molecule has 5 nitrogen and oxygen atoms in total. The number of hydrogen-bond donors (Lipinski definition) is 1. The van der Waals surface area contributed by atoms with Crippen LogP contribution in [0.25, 0.3) is 15.9 Å². The Morgan fingerprint density at radius 2 is 2.08 bits per heavy atom. The molecule has 4 aromatic rings. The van der Waals surface area contributed by atoms with Crippen LogP contribution in [-0.2, 0) is 0 Å². The molecule has 0 atom stereocenters. The maximum absolute atomic E-state index is 13.2. The third-order valence-electron chi connectivity index (χ3n) is 3.62. The lowest BCUT2D eigenvalue weighted by Crippen LogP contribution is -2.13. The van der Waals surface area contributed by atoms with Gasteiger partial charge in [0.15, 0.2) is 0 Å². The predicted octanol–water partition coefficient (Wildman–Crippen LogP) is 3.95. The van der Waals surface area contributed by atoms with Crippen LogP contribution in [0.5, 0.6) is 0 Å². The van der Waals surface area contributed by atoms with Crippen LogP contribution >= 0.6 is 22.9 Å². The van der Waals surface area contributed by atoms with E-state index in [4.69, 9.17) is 11.6 Å². The number of nitrogens with zero attached hydrogens (tertiary/aromatic N) is 2. The minimum absolute atomic E-state index is 0.0831. The summed E-state index contributed by atoms with van der Waals surface area (Å²) in [5.74, 6) is -0.982. The zero-order chi connectivity index (χ0) is 17.6. The highest BCUT2D eigenvalue weighted by Crippen LogP contribution is 2.24. The Morgan fingerprint density at radius 3 is 2.88 bits per heavy atom. The SMILES string of the molecule is O=C(Nc1ccc(F)c(Cl)c1)c1cc2c(=O)n3ccccc3nc2s1. The van der Waals surface area contributed by atoms with E-state index in [2.05, 4.69) is 10.3 Å². The maximum Gasteiger partial charge on any atom is 0.266 e. The Morgan fingerprint density at radius 1 is 1.24 bits per heavy atom. The number of rotatable bonds is 2. The number of carbonyl (C=O) groups excluding carboxylic acids is 1. The molecule has 0 spiro atoms. The Bertz CT molecular complexity index is 1200. The third kappa shape index (κ3) is 2.77. The van der Waals surface area contributed by atoms with Gasteiger partial charge < -0.3 is 5.32 Å². The maximum atomic E-state index is 13.2. The van der Waals surface area contributed by atoms with Gasteiger partial charge >= 0.3 is 0 Å². The summed E-state index contributed by atoms with van der Waals surface area (Å²) in [4.78, 5) is 30.1. The van der Waals surface area contributed by atoms with Crippen LogP contribution in [0.2, 0.25) is 5.02 Å². The molecule has 0 aliphatic heterocycles. The first-order valence-corrected chi connectivity index (χ1v) is 8.40. The first kappa shape index (κ1) is 15.7. The van der Waals surface area contributed by atoms with Gasteiger partial charge in [0, 0.05) is 11.9 Å². The highest BCUT2D eigenvalue weighted by atomic mass is 35.5. The number of pyridine rings is 1. The normalized spacial score (nSPS) is 11.1. The van der Waals surface area contributed by atoms with Crippen molar-refractivity contribution in [1.82, 2.24) is 9.38 Å². The van der Waals surface area contributed by atoms with E-state index in [-0.39, 0.29) is 10.6 Å². The van der Waals surface area contributed by atoms with E-state index in [0.717, 1.165) is 11.3 Å². The number of carbonyl (C=O) groups is 1. The van der Waals surface area contributed by atoms with E-state index in [1.54, 1.807) is 24.4 Å². The van der Waals surface area contributed by atoms with E-state index < -0.39 is 11.7 Å². The topological polar surface area (TPSA) is 63.5 Å². The molecule has 0 saturated heterocycles. The fourth-order valence-corrected chi connectivity index (χ4v) is 3.53. The lowest BCUT2D eigenvalue weighted by molar-refractivity contribution is 0.103. The molecule has 0 fully saturated rings. The van der Waals surface area contributed by atoms with E-state index in [9.17, 15) is 14.0 Å². The molecular formula is C17H9ClFN3O2S. The van der Waals surface area contributed by atoms with Crippen LogP contribution in [0.15, 0.2) is 53.5 Å². The second kappa shape index (κ2) is 5.94. The lowest BCUT2D eigenvalue weighted by Gasteiger charge is -2.04. The molecule has 0 radical (unpaired) electrons. The smallest absolute Gasteiger partial charge is 0.266 e. The third-order valence-corrected chi connectivity index (χ3v) is 4.93. The van der Waals surface area contributed by atoms with Crippen molar-refractivity contribution >= 4 is 50.4 Å². The molecule has 1 amide bonds. The van der Waals surface area contributed by atoms with Crippen LogP contribution in [0.4, 0.5) is 10.1 Å². The summed E-state index contributed by atoms with van der Waals surface area (Å²) >= 11 is 6.83. The van der Waals surface area contributed by atoms with E-state index in [1.165, 1.54) is 28.7 Å². The first-order valence-electron chi connectivity index (χ1n) is 7.20. The van der Waals surface area contributed by atoms with Crippen molar-refractivity contribution in [3.8, 4) is 0 Å². The molecule has 0 aliphatic rings. The minimum Gasteiger partial charge on any atom is -0.321 e. The van der Waals surface area contributed by atoms with Crippen LogP contribution in [-0.4, -0.2) is 15.3 Å². The molecule has 25 heavy (non-hydrogen) atoms. The summed E-state index contributed by atoms with van der Waals surface area (Å²) in [7, 11) is 0. The zero-order valence-corrected chi connectivity index (χ0v) is 14.1. The summed E-state index contributed by atoms with van der Waals surface area (Å²) in [5, 5.41) is 2.92. The number of thiophene rings is 1. The van der Waals surface area contributed by atoms with Crippen LogP contribution in [0.3, 0.4) is 0 Å². The molecule has 3 aromatic heterocycles. The highest BCUT2D eigenvalue weighted by molar-refractivity contribution is 7.20. The average Bonchev–Trinajstić information content (AvgIpc) is 3.03. The van der Waals surface area contributed by atoms with Crippen molar-refractivity contribution in [2.24, 2.45) is 0 Å². The lowest BCUT2D eigenvalue weighted by atomic mass is 10.3. The van der Waals surface area contributed by atoms with Gasteiger partial charge in [0.05, 0.1) is 15.3 Å². The second-order valence-corrected chi connectivity index (χ2v) is 6.70. The van der Waals surface area contributed by atoms with Crippen molar-refractivity contribution < 1.29 is 9.18 Å². The van der Waals surface area contributed by atoms with Crippen molar-refractivity contribution in [1.29, 1.82) is 0 Å². The van der Waals surface area contributed by atoms with Crippen LogP contribution in [0, 0.1) is 5.82 Å². The number of aromatic nitrogens is 2. The van der Waals surface area contributed by atoms with Gasteiger partial charge in [0.25, 0.3) is 11.5 Å². The summed E-state index contributed by atoms with van der Waals surface area (Å²) < 4.78 is 14.6. The Kier molecular flexibility index (Phi) is 3.74. The average molecular weight is 374 g/mol. The molecule has 0 bridgehead atoms. The monoisotopic (exact) mass is 373 g/mol. The first-order chi connectivity index (χ1) is 12.0. The quantitative estimate of drug-likeness (QED) is 0.578. The molecule has 0 aliphatic carbocycles. The fraction of sp³-hybridized carbons (Fsp3) is 0. The largest absolute Gasteiger partial charge is 0.321 e. The summed E-state index contributed by atoms with van der Waals surface area (Å²) in [6.07, 6.45) is 1.63. The molecule has 1 aromatic carbocycles. The summed E-state index contributed by atoms with van der Waals surface area (Å²) in [5.41, 5.74) is 0.642. The standard InChI is InChI=1S/C17H9ClFN3O2S/c18-11-7-9(4-5-12(11)19)20-15(23)13-8-10-16(25-13)21-14-3-1-2-6-22(14)17(10)24/h1-8H,(H,20,23). The van der Waals surface area contributed by atoms with E-state index >= 15 is 0 Å². The molecular weight excluding hydrogens is 365 g/mol. The van der Waals surface area contributed by atoms with Crippen molar-refractivity contribution in [2.45, 2.75) is 0 Å².